The van der Waals surface area contributed by atoms with E-state index in [2.05, 4.69) is 5.32 Å². The molecule has 1 heterocycles. The highest BCUT2D eigenvalue weighted by Crippen LogP contribution is 2.26. The molecule has 2 amide bonds. The van der Waals surface area contributed by atoms with E-state index in [1.165, 1.54) is 11.8 Å². The van der Waals surface area contributed by atoms with Crippen molar-refractivity contribution in [3.05, 3.63) is 83.9 Å². The van der Waals surface area contributed by atoms with Crippen molar-refractivity contribution >= 4 is 46.0 Å². The molecular weight excluding hydrogens is 444 g/mol. The Hall–Kier alpha value is -3.58. The molecule has 1 aromatic heterocycles. The Morgan fingerprint density at radius 2 is 1.62 bits per heavy atom. The molecule has 0 bridgehead atoms. The SMILES string of the molecule is CCN(C(=O)CSc1nc2ccccc2n1CC(=O)Nc1c(C)cccc1C)c1ccccc1. The second kappa shape index (κ2) is 10.6. The molecule has 0 saturated heterocycles. The first kappa shape index (κ1) is 23.6. The molecule has 0 unspecified atom stereocenters. The number of aromatic nitrogens is 2. The third-order valence-electron chi connectivity index (χ3n) is 5.68. The maximum absolute atomic E-state index is 13.0. The molecule has 6 nitrogen and oxygen atoms in total. The summed E-state index contributed by atoms with van der Waals surface area (Å²) in [6.07, 6.45) is 0. The first-order chi connectivity index (χ1) is 16.5. The van der Waals surface area contributed by atoms with Gasteiger partial charge in [-0.1, -0.05) is 60.3 Å². The van der Waals surface area contributed by atoms with Gasteiger partial charge in [-0.05, 0) is 56.2 Å². The first-order valence-corrected chi connectivity index (χ1v) is 12.3. The van der Waals surface area contributed by atoms with Gasteiger partial charge in [-0.15, -0.1) is 0 Å². The summed E-state index contributed by atoms with van der Waals surface area (Å²) in [6, 6.07) is 23.3. The number of anilines is 2. The largest absolute Gasteiger partial charge is 0.324 e. The first-order valence-electron chi connectivity index (χ1n) is 11.3. The van der Waals surface area contributed by atoms with E-state index in [0.717, 1.165) is 33.5 Å². The van der Waals surface area contributed by atoms with Gasteiger partial charge < -0.3 is 14.8 Å². The number of aryl methyl sites for hydroxylation is 2. The van der Waals surface area contributed by atoms with Crippen LogP contribution in [0, 0.1) is 13.8 Å². The monoisotopic (exact) mass is 472 g/mol. The number of carbonyl (C=O) groups excluding carboxylic acids is 2. The summed E-state index contributed by atoms with van der Waals surface area (Å²) in [5, 5.41) is 3.70. The number of para-hydroxylation sites is 4. The topological polar surface area (TPSA) is 67.2 Å². The number of nitrogens with one attached hydrogen (secondary N) is 1. The zero-order chi connectivity index (χ0) is 24.1. The van der Waals surface area contributed by atoms with Gasteiger partial charge in [0.05, 0.1) is 16.8 Å². The average molecular weight is 473 g/mol. The van der Waals surface area contributed by atoms with Crippen LogP contribution in [-0.2, 0) is 16.1 Å². The van der Waals surface area contributed by atoms with Crippen LogP contribution in [0.5, 0.6) is 0 Å². The number of nitrogens with zero attached hydrogens (tertiary/aromatic N) is 3. The van der Waals surface area contributed by atoms with Crippen LogP contribution in [0.1, 0.15) is 18.1 Å². The third-order valence-corrected chi connectivity index (χ3v) is 6.64. The number of amides is 2. The van der Waals surface area contributed by atoms with Gasteiger partial charge in [0.2, 0.25) is 11.8 Å². The quantitative estimate of drug-likeness (QED) is 0.347. The third kappa shape index (κ3) is 5.15. The van der Waals surface area contributed by atoms with E-state index in [1.54, 1.807) is 4.90 Å². The van der Waals surface area contributed by atoms with Crippen molar-refractivity contribution < 1.29 is 9.59 Å². The van der Waals surface area contributed by atoms with Crippen LogP contribution < -0.4 is 10.2 Å². The van der Waals surface area contributed by atoms with Crippen molar-refractivity contribution in [1.82, 2.24) is 9.55 Å². The fourth-order valence-electron chi connectivity index (χ4n) is 3.97. The van der Waals surface area contributed by atoms with Gasteiger partial charge in [-0.2, -0.15) is 0 Å². The Balaban J connectivity index is 1.54. The van der Waals surface area contributed by atoms with Crippen molar-refractivity contribution in [3.8, 4) is 0 Å². The normalized spacial score (nSPS) is 10.9. The Morgan fingerprint density at radius 3 is 2.32 bits per heavy atom. The van der Waals surface area contributed by atoms with E-state index in [1.807, 2.05) is 98.1 Å². The van der Waals surface area contributed by atoms with E-state index in [0.29, 0.717) is 11.7 Å². The minimum Gasteiger partial charge on any atom is -0.324 e. The van der Waals surface area contributed by atoms with Crippen molar-refractivity contribution in [2.24, 2.45) is 0 Å². The molecule has 34 heavy (non-hydrogen) atoms. The summed E-state index contributed by atoms with van der Waals surface area (Å²) in [5.74, 6) is 0.0930. The number of rotatable bonds is 8. The molecule has 3 aromatic carbocycles. The number of thioether (sulfide) groups is 1. The molecule has 4 rings (SSSR count). The van der Waals surface area contributed by atoms with Crippen LogP contribution in [0.3, 0.4) is 0 Å². The molecule has 7 heteroatoms. The molecule has 0 spiro atoms. The molecule has 0 radical (unpaired) electrons. The summed E-state index contributed by atoms with van der Waals surface area (Å²) in [7, 11) is 0. The second-order valence-electron chi connectivity index (χ2n) is 8.05. The molecular formula is C27H28N4O2S. The summed E-state index contributed by atoms with van der Waals surface area (Å²) >= 11 is 1.35. The van der Waals surface area contributed by atoms with Gasteiger partial charge in [-0.25, -0.2) is 4.98 Å². The predicted molar refractivity (Wildman–Crippen MR) is 139 cm³/mol. The van der Waals surface area contributed by atoms with Crippen LogP contribution in [0.4, 0.5) is 11.4 Å². The van der Waals surface area contributed by atoms with Gasteiger partial charge in [0.25, 0.3) is 0 Å². The van der Waals surface area contributed by atoms with Crippen LogP contribution >= 0.6 is 11.8 Å². The molecule has 1 N–H and O–H groups in total. The van der Waals surface area contributed by atoms with E-state index in [4.69, 9.17) is 4.98 Å². The van der Waals surface area contributed by atoms with Gasteiger partial charge >= 0.3 is 0 Å². The average Bonchev–Trinajstić information content (AvgIpc) is 3.18. The predicted octanol–water partition coefficient (Wildman–Crippen LogP) is 5.44. The molecule has 0 atom stereocenters. The summed E-state index contributed by atoms with van der Waals surface area (Å²) in [5.41, 5.74) is 5.41. The molecule has 174 valence electrons. The van der Waals surface area contributed by atoms with Gasteiger partial charge in [0, 0.05) is 17.9 Å². The Kier molecular flexibility index (Phi) is 7.33. The highest BCUT2D eigenvalue weighted by molar-refractivity contribution is 7.99. The second-order valence-corrected chi connectivity index (χ2v) is 8.99. The van der Waals surface area contributed by atoms with E-state index in [-0.39, 0.29) is 24.1 Å². The summed E-state index contributed by atoms with van der Waals surface area (Å²) in [4.78, 5) is 32.5. The molecule has 0 aliphatic carbocycles. The highest BCUT2D eigenvalue weighted by atomic mass is 32.2. The van der Waals surface area contributed by atoms with Crippen molar-refractivity contribution in [3.63, 3.8) is 0 Å². The number of imidazole rings is 1. The van der Waals surface area contributed by atoms with Crippen molar-refractivity contribution in [2.75, 3.05) is 22.5 Å². The number of benzene rings is 3. The van der Waals surface area contributed by atoms with E-state index < -0.39 is 0 Å². The molecule has 0 fully saturated rings. The van der Waals surface area contributed by atoms with Gasteiger partial charge in [0.15, 0.2) is 5.16 Å². The Morgan fingerprint density at radius 1 is 0.941 bits per heavy atom. The molecule has 0 aliphatic rings. The Bertz CT molecular complexity index is 1300. The number of carbonyl (C=O) groups is 2. The van der Waals surface area contributed by atoms with Crippen LogP contribution in [-0.4, -0.2) is 33.7 Å². The lowest BCUT2D eigenvalue weighted by atomic mass is 10.1. The lowest BCUT2D eigenvalue weighted by Crippen LogP contribution is -2.32. The molecule has 0 aliphatic heterocycles. The highest BCUT2D eigenvalue weighted by Gasteiger charge is 2.19. The standard InChI is InChI=1S/C27H28N4O2S/c1-4-30(21-13-6-5-7-14-21)25(33)18-34-27-28-22-15-8-9-16-23(22)31(27)17-24(32)29-26-19(2)11-10-12-20(26)3/h5-16H,4,17-18H2,1-3H3,(H,29,32). The van der Waals surface area contributed by atoms with Crippen molar-refractivity contribution in [1.29, 1.82) is 0 Å². The van der Waals surface area contributed by atoms with E-state index in [9.17, 15) is 9.59 Å². The molecule has 0 saturated carbocycles. The number of hydrogen-bond donors (Lipinski definition) is 1. The zero-order valence-corrected chi connectivity index (χ0v) is 20.4. The van der Waals surface area contributed by atoms with Gasteiger partial charge in [-0.3, -0.25) is 9.59 Å². The summed E-state index contributed by atoms with van der Waals surface area (Å²) in [6.45, 7) is 6.62. The zero-order valence-electron chi connectivity index (χ0n) is 19.6. The smallest absolute Gasteiger partial charge is 0.244 e. The fourth-order valence-corrected chi connectivity index (χ4v) is 4.86. The lowest BCUT2D eigenvalue weighted by Gasteiger charge is -2.20. The fraction of sp³-hybridized carbons (Fsp3) is 0.222. The maximum Gasteiger partial charge on any atom is 0.244 e. The van der Waals surface area contributed by atoms with Crippen molar-refractivity contribution in [2.45, 2.75) is 32.5 Å². The lowest BCUT2D eigenvalue weighted by molar-refractivity contribution is -0.117. The van der Waals surface area contributed by atoms with E-state index >= 15 is 0 Å². The van der Waals surface area contributed by atoms with Gasteiger partial charge in [0.1, 0.15) is 6.54 Å². The minimum absolute atomic E-state index is 0.00251. The van der Waals surface area contributed by atoms with Crippen LogP contribution in [0.2, 0.25) is 0 Å². The van der Waals surface area contributed by atoms with Crippen LogP contribution in [0.15, 0.2) is 78.0 Å². The number of hydrogen-bond acceptors (Lipinski definition) is 4. The minimum atomic E-state index is -0.131. The maximum atomic E-state index is 13.0. The number of fused-ring (bicyclic) bond motifs is 1. The summed E-state index contributed by atoms with van der Waals surface area (Å²) < 4.78 is 1.88. The molecule has 4 aromatic rings. The Labute approximate surface area is 204 Å². The van der Waals surface area contributed by atoms with Crippen LogP contribution in [0.25, 0.3) is 11.0 Å².